The van der Waals surface area contributed by atoms with Crippen molar-refractivity contribution < 1.29 is 8.43 Å². The molecule has 0 radical (unpaired) electrons. The molecule has 0 spiro atoms. The molecule has 1 fully saturated rings. The highest BCUT2D eigenvalue weighted by Gasteiger charge is 1.97. The van der Waals surface area contributed by atoms with Gasteiger partial charge in [-0.2, -0.15) is 0 Å². The van der Waals surface area contributed by atoms with Gasteiger partial charge < -0.3 is 8.43 Å². The summed E-state index contributed by atoms with van der Waals surface area (Å²) in [7, 11) is 0.377. The summed E-state index contributed by atoms with van der Waals surface area (Å²) in [6.07, 6.45) is 0. The van der Waals surface area contributed by atoms with E-state index in [0.29, 0.717) is 9.03 Å². The largest absolute Gasteiger partial charge is 0.387 e. The van der Waals surface area contributed by atoms with Crippen LogP contribution in [0.1, 0.15) is 0 Å². The predicted molar refractivity (Wildman–Crippen MR) is 27.6 cm³/mol. The lowest BCUT2D eigenvalue weighted by molar-refractivity contribution is 0.606. The number of hydrogen-bond acceptors (Lipinski definition) is 2. The van der Waals surface area contributed by atoms with Gasteiger partial charge in [0.05, 0.1) is 0 Å². The van der Waals surface area contributed by atoms with Gasteiger partial charge >= 0.3 is 0 Å². The lowest BCUT2D eigenvalue weighted by Crippen LogP contribution is -1.92. The summed E-state index contributed by atoms with van der Waals surface area (Å²) >= 11 is 0. The molecule has 1 rings (SSSR count). The monoisotopic (exact) mass is 124 g/mol. The SMILES string of the molecule is O1[SiH2][SiH2]OP1. The molecule has 0 aliphatic carbocycles. The zero-order chi connectivity index (χ0) is 3.54. The second-order valence-corrected chi connectivity index (χ2v) is 6.52. The second-order valence-electron chi connectivity index (χ2n) is 0.780. The molecule has 0 aromatic carbocycles. The third-order valence-corrected chi connectivity index (χ3v) is 7.32. The maximum atomic E-state index is 4.95. The van der Waals surface area contributed by atoms with Crippen LogP contribution in [0.4, 0.5) is 0 Å². The fourth-order valence-electron chi connectivity index (χ4n) is 0.208. The Labute approximate surface area is 36.9 Å². The van der Waals surface area contributed by atoms with Gasteiger partial charge in [0.1, 0.15) is 9.03 Å². The minimum atomic E-state index is -0.0278. The van der Waals surface area contributed by atoms with Gasteiger partial charge in [-0.1, -0.05) is 0 Å². The maximum Gasteiger partial charge on any atom is 0.183 e. The molecule has 1 heterocycles. The summed E-state index contributed by atoms with van der Waals surface area (Å²) in [4.78, 5) is 0. The van der Waals surface area contributed by atoms with E-state index in [1.807, 2.05) is 0 Å². The first-order valence-electron chi connectivity index (χ1n) is 1.49. The van der Waals surface area contributed by atoms with Gasteiger partial charge in [0.15, 0.2) is 18.6 Å². The Morgan fingerprint density at radius 3 is 2.00 bits per heavy atom. The standard InChI is InChI=1S/H5O2PSi2/c1-3-2-5-4-1/h3H,4-5H2. The van der Waals surface area contributed by atoms with Gasteiger partial charge in [0, 0.05) is 0 Å². The highest BCUT2D eigenvalue weighted by Crippen LogP contribution is 2.15. The molecular formula is H5O2PSi2. The van der Waals surface area contributed by atoms with Gasteiger partial charge in [-0.3, -0.25) is 0 Å². The van der Waals surface area contributed by atoms with Crippen molar-refractivity contribution in [3.05, 3.63) is 0 Å². The molecule has 0 bridgehead atoms. The molecule has 1 aliphatic heterocycles. The molecule has 0 atom stereocenters. The van der Waals surface area contributed by atoms with Crippen LogP contribution < -0.4 is 0 Å². The topological polar surface area (TPSA) is 18.5 Å². The molecule has 5 heteroatoms. The number of hydrogen-bond donors (Lipinski definition) is 0. The lowest BCUT2D eigenvalue weighted by Gasteiger charge is -1.77. The smallest absolute Gasteiger partial charge is 0.183 e. The molecule has 0 unspecified atom stereocenters. The van der Waals surface area contributed by atoms with Crippen LogP contribution >= 0.6 is 9.03 Å². The summed E-state index contributed by atoms with van der Waals surface area (Å²) in [6.45, 7) is 0. The van der Waals surface area contributed by atoms with Gasteiger partial charge in [0.2, 0.25) is 0 Å². The minimum absolute atomic E-state index is 0.0278. The van der Waals surface area contributed by atoms with Crippen molar-refractivity contribution >= 4 is 27.6 Å². The Balaban J connectivity index is 2.08. The Morgan fingerprint density at radius 2 is 1.80 bits per heavy atom. The van der Waals surface area contributed by atoms with Crippen LogP contribution in [0.25, 0.3) is 0 Å². The summed E-state index contributed by atoms with van der Waals surface area (Å²) < 4.78 is 9.90. The normalized spacial score (nSPS) is 38.4. The molecule has 2 nitrogen and oxygen atoms in total. The van der Waals surface area contributed by atoms with Crippen LogP contribution in [0.2, 0.25) is 0 Å². The van der Waals surface area contributed by atoms with Crippen LogP contribution in [0.3, 0.4) is 0 Å². The Hall–Kier alpha value is 0.784. The van der Waals surface area contributed by atoms with E-state index in [2.05, 4.69) is 0 Å². The first-order chi connectivity index (χ1) is 2.50. The van der Waals surface area contributed by atoms with E-state index in [0.717, 1.165) is 0 Å². The molecule has 1 aliphatic rings. The van der Waals surface area contributed by atoms with Crippen LogP contribution in [-0.4, -0.2) is 18.6 Å². The second kappa shape index (κ2) is 2.05. The van der Waals surface area contributed by atoms with E-state index in [1.165, 1.54) is 0 Å². The molecule has 0 aromatic heterocycles. The highest BCUT2D eigenvalue weighted by atomic mass is 31.1. The zero-order valence-electron chi connectivity index (χ0n) is 2.73. The molecule has 0 aromatic rings. The average molecular weight is 124 g/mol. The first kappa shape index (κ1) is 3.96. The van der Waals surface area contributed by atoms with Crippen molar-refractivity contribution in [2.24, 2.45) is 0 Å². The van der Waals surface area contributed by atoms with Crippen molar-refractivity contribution in [2.75, 3.05) is 0 Å². The predicted octanol–water partition coefficient (Wildman–Crippen LogP) is -1.38. The summed E-state index contributed by atoms with van der Waals surface area (Å²) in [5.74, 6) is 0. The Morgan fingerprint density at radius 1 is 1.20 bits per heavy atom. The average Bonchev–Trinajstić information content (AvgIpc) is 1.76. The van der Waals surface area contributed by atoms with E-state index in [-0.39, 0.29) is 18.6 Å². The van der Waals surface area contributed by atoms with Crippen LogP contribution in [0.15, 0.2) is 0 Å². The van der Waals surface area contributed by atoms with Gasteiger partial charge in [-0.05, 0) is 0 Å². The summed E-state index contributed by atoms with van der Waals surface area (Å²) in [5, 5.41) is 0. The van der Waals surface area contributed by atoms with Gasteiger partial charge in [-0.25, -0.2) is 0 Å². The van der Waals surface area contributed by atoms with Crippen LogP contribution in [0.5, 0.6) is 0 Å². The van der Waals surface area contributed by atoms with Crippen molar-refractivity contribution in [2.45, 2.75) is 0 Å². The maximum absolute atomic E-state index is 4.95. The first-order valence-corrected chi connectivity index (χ1v) is 7.46. The fraction of sp³-hybridized carbons (Fsp3) is 0. The minimum Gasteiger partial charge on any atom is -0.387 e. The third kappa shape index (κ3) is 1.11. The molecular weight excluding hydrogens is 119 g/mol. The highest BCUT2D eigenvalue weighted by molar-refractivity contribution is 7.36. The van der Waals surface area contributed by atoms with E-state index < -0.39 is 0 Å². The van der Waals surface area contributed by atoms with E-state index in [9.17, 15) is 0 Å². The molecule has 0 saturated carbocycles. The summed E-state index contributed by atoms with van der Waals surface area (Å²) in [5.41, 5.74) is 0. The Bertz CT molecular complexity index is 19.2. The molecule has 0 N–H and O–H groups in total. The summed E-state index contributed by atoms with van der Waals surface area (Å²) in [6, 6.07) is 0. The quantitative estimate of drug-likeness (QED) is 0.293. The van der Waals surface area contributed by atoms with Crippen molar-refractivity contribution in [3.63, 3.8) is 0 Å². The van der Waals surface area contributed by atoms with Crippen molar-refractivity contribution in [3.8, 4) is 0 Å². The van der Waals surface area contributed by atoms with Crippen LogP contribution in [-0.2, 0) is 8.43 Å². The molecule has 5 heavy (non-hydrogen) atoms. The van der Waals surface area contributed by atoms with Gasteiger partial charge in [0.25, 0.3) is 0 Å². The van der Waals surface area contributed by atoms with Crippen molar-refractivity contribution in [1.82, 2.24) is 0 Å². The lowest BCUT2D eigenvalue weighted by atomic mass is 15.8. The Kier molecular flexibility index (Phi) is 1.62. The molecule has 0 amide bonds. The molecule has 1 saturated heterocycles. The molecule has 30 valence electrons. The zero-order valence-corrected chi connectivity index (χ0v) is 6.56. The van der Waals surface area contributed by atoms with E-state index >= 15 is 0 Å². The van der Waals surface area contributed by atoms with Crippen molar-refractivity contribution in [1.29, 1.82) is 0 Å². The van der Waals surface area contributed by atoms with E-state index in [4.69, 9.17) is 8.43 Å². The third-order valence-electron chi connectivity index (χ3n) is 0.405. The van der Waals surface area contributed by atoms with Gasteiger partial charge in [-0.15, -0.1) is 0 Å². The fourth-order valence-corrected chi connectivity index (χ4v) is 5.62. The van der Waals surface area contributed by atoms with Crippen LogP contribution in [0, 0.1) is 0 Å². The van der Waals surface area contributed by atoms with E-state index in [1.54, 1.807) is 0 Å². The number of rotatable bonds is 0.